The first-order chi connectivity index (χ1) is 61.9. The number of para-hydroxylation sites is 5. The van der Waals surface area contributed by atoms with Gasteiger partial charge in [-0.25, -0.2) is 29.9 Å². The molecule has 0 spiro atoms. The predicted octanol–water partition coefficient (Wildman–Crippen LogP) is 20.3. The molecule has 0 saturated carbocycles. The highest BCUT2D eigenvalue weighted by Gasteiger charge is 2.35. The molecule has 5 N–H and O–H groups in total. The van der Waals surface area contributed by atoms with Crippen molar-refractivity contribution in [2.45, 2.75) is 238 Å². The topological polar surface area (TPSA) is 349 Å². The summed E-state index contributed by atoms with van der Waals surface area (Å²) in [5.74, 6) is -1.50. The third-order valence-electron chi connectivity index (χ3n) is 21.8. The third-order valence-corrected chi connectivity index (χ3v) is 28.6. The number of hydrogen-bond acceptors (Lipinski definition) is 27. The Hall–Kier alpha value is -9.61. The smallest absolute Gasteiger partial charge is 0.280 e. The zero-order valence-electron chi connectivity index (χ0n) is 72.7. The molecule has 7 aromatic heterocycles. The van der Waals surface area contributed by atoms with Gasteiger partial charge in [0, 0.05) is 43.9 Å². The summed E-state index contributed by atoms with van der Waals surface area (Å²) in [7, 11) is 0. The summed E-state index contributed by atoms with van der Waals surface area (Å²) >= 11 is 9.47. The van der Waals surface area contributed by atoms with Crippen LogP contribution in [0.3, 0.4) is 0 Å². The van der Waals surface area contributed by atoms with Crippen LogP contribution in [0.2, 0.25) is 0 Å². The lowest BCUT2D eigenvalue weighted by molar-refractivity contribution is -0.131. The van der Waals surface area contributed by atoms with Crippen LogP contribution in [0.1, 0.15) is 270 Å². The number of unbranched alkanes of at least 4 members (excludes halogenated alkanes) is 10. The molecule has 127 heavy (non-hydrogen) atoms. The Balaban J connectivity index is 0.000000154. The maximum atomic E-state index is 13.0. The number of thiazole rings is 7. The molecule has 2 unspecified atom stereocenters. The van der Waals surface area contributed by atoms with E-state index < -0.39 is 36.3 Å². The van der Waals surface area contributed by atoms with Gasteiger partial charge >= 0.3 is 0 Å². The first kappa shape index (κ1) is 98.0. The molecule has 674 valence electrons. The van der Waals surface area contributed by atoms with E-state index in [2.05, 4.69) is 96.1 Å². The van der Waals surface area contributed by atoms with Crippen molar-refractivity contribution < 1.29 is 62.2 Å². The Labute approximate surface area is 769 Å². The fraction of sp³-hybridized carbons (Fsp3) is 0.463. The molecular formula is C95H114N12O13S7. The number of ether oxygens (including phenoxy) is 3. The number of aromatic nitrogens is 7. The molecular weight excluding hydrogens is 1740 g/mol. The molecule has 15 rings (SSSR count). The summed E-state index contributed by atoms with van der Waals surface area (Å²) in [4.78, 5) is 158. The largest absolute Gasteiger partial charge is 0.381 e. The van der Waals surface area contributed by atoms with Crippen LogP contribution >= 0.6 is 79.4 Å². The van der Waals surface area contributed by atoms with Gasteiger partial charge in [-0.3, -0.25) is 52.9 Å². The van der Waals surface area contributed by atoms with E-state index in [1.807, 2.05) is 121 Å². The second-order valence-corrected chi connectivity index (χ2v) is 38.4. The number of ketones is 5. The Morgan fingerprint density at radius 1 is 0.362 bits per heavy atom. The van der Waals surface area contributed by atoms with Crippen LogP contribution in [0.15, 0.2) is 145 Å². The second-order valence-electron chi connectivity index (χ2n) is 31.5. The molecule has 0 aliphatic carbocycles. The molecule has 5 aromatic carbocycles. The highest BCUT2D eigenvalue weighted by Crippen LogP contribution is 2.31. The van der Waals surface area contributed by atoms with Crippen LogP contribution in [-0.2, 0) is 28.6 Å². The van der Waals surface area contributed by atoms with Crippen molar-refractivity contribution in [2.75, 3.05) is 33.0 Å². The predicted molar refractivity (Wildman–Crippen MR) is 509 cm³/mol. The van der Waals surface area contributed by atoms with Crippen LogP contribution in [0.4, 0.5) is 0 Å². The number of carbonyl (C=O) groups excluding carboxylic acids is 10. The van der Waals surface area contributed by atoms with Crippen molar-refractivity contribution in [1.29, 1.82) is 0 Å². The van der Waals surface area contributed by atoms with Crippen molar-refractivity contribution in [1.82, 2.24) is 61.5 Å². The molecule has 0 bridgehead atoms. The maximum absolute atomic E-state index is 13.0. The van der Waals surface area contributed by atoms with Crippen molar-refractivity contribution >= 4 is 189 Å². The molecule has 3 aliphatic rings. The van der Waals surface area contributed by atoms with Crippen LogP contribution < -0.4 is 26.6 Å². The van der Waals surface area contributed by atoms with Gasteiger partial charge in [-0.1, -0.05) is 192 Å². The van der Waals surface area contributed by atoms with Gasteiger partial charge in [-0.2, -0.15) is 0 Å². The van der Waals surface area contributed by atoms with Crippen LogP contribution in [0, 0.1) is 11.8 Å². The molecule has 25 nitrogen and oxygen atoms in total. The molecule has 10 heterocycles. The zero-order valence-corrected chi connectivity index (χ0v) is 78.4. The molecule has 32 heteroatoms. The number of nitrogens with one attached hydrogen (secondary N) is 5. The van der Waals surface area contributed by atoms with E-state index in [1.165, 1.54) is 85.6 Å². The average molecular weight is 1860 g/mol. The van der Waals surface area contributed by atoms with Gasteiger partial charge in [0.2, 0.25) is 46.6 Å². The third kappa shape index (κ3) is 29.5. The van der Waals surface area contributed by atoms with E-state index in [4.69, 9.17) is 14.2 Å². The summed E-state index contributed by atoms with van der Waals surface area (Å²) in [5, 5.41) is 19.1. The number of carbonyl (C=O) groups is 10. The lowest BCUT2D eigenvalue weighted by Crippen LogP contribution is -2.45. The maximum Gasteiger partial charge on any atom is 0.280 e. The van der Waals surface area contributed by atoms with Crippen molar-refractivity contribution in [3.63, 3.8) is 0 Å². The van der Waals surface area contributed by atoms with E-state index in [9.17, 15) is 47.9 Å². The summed E-state index contributed by atoms with van der Waals surface area (Å²) in [6.07, 6.45) is 25.7. The van der Waals surface area contributed by atoms with Gasteiger partial charge in [-0.15, -0.1) is 79.4 Å². The van der Waals surface area contributed by atoms with Crippen molar-refractivity contribution in [3.8, 4) is 0 Å². The number of Topliss-reactive ketones (excluding diaryl/α,β-unsaturated/α-hetero) is 5. The lowest BCUT2D eigenvalue weighted by atomic mass is 9.97. The van der Waals surface area contributed by atoms with Gasteiger partial charge in [0.05, 0.1) is 106 Å². The average Bonchev–Trinajstić information content (AvgIpc) is 1.70. The van der Waals surface area contributed by atoms with Crippen LogP contribution in [-0.4, -0.2) is 163 Å². The van der Waals surface area contributed by atoms with Gasteiger partial charge in [0.25, 0.3) is 11.8 Å². The van der Waals surface area contributed by atoms with E-state index in [-0.39, 0.29) is 70.3 Å². The molecule has 3 aliphatic heterocycles. The minimum atomic E-state index is -0.566. The molecule has 3 fully saturated rings. The lowest BCUT2D eigenvalue weighted by Gasteiger charge is -2.24. The second kappa shape index (κ2) is 52.1. The quantitative estimate of drug-likeness (QED) is 0.0176. The number of benzene rings is 5. The molecule has 3 saturated heterocycles. The SMILES string of the molecule is CCCCC[C@H](NC(=O)C1CCCO1)C(=O)c1nc2ccccc2s1.CCCCC[C@H](NC(=O)C1CCCOC1)C(=O)c1nc2ccccc2s1.CCCCC[C@H](NC(=O)C1CCOCC1)C(=O)c1nc2ccccc2s1.CCCCC[C@H](NC(=O)c1cncs1)C(=O)c1nc2ccccc2s1.CCCCC[C@H](NC(=O)c1nccs1)C(=O)c1nc2ccccc2s1. The number of hydrogen-bond donors (Lipinski definition) is 5. The standard InChI is InChI=1S/2C20H26N2O3S.C19H24N2O3S.2C18H19N3O2S2/c1-2-3-4-10-16(21-19(24)14-8-7-12-25-13-14)18(23)20-22-15-9-5-6-11-17(15)26-20;1-2-3-4-8-16(21-19(24)14-10-12-25-13-11-14)18(23)20-22-15-7-5-6-9-17(15)26-20;1-2-3-4-9-14(20-18(23)15-10-7-12-24-15)17(22)19-21-13-8-5-6-11-16(13)25-19;1-2-3-4-8-13(20-17(23)15-10-19-11-24-15)16(22)18-21-12-7-5-6-9-14(12)25-18;1-2-3-4-8-13(20-16(23)18-19-10-11-24-18)15(22)17-21-12-7-5-6-9-14(12)25-17/h5-6,9,11,14,16H,2-4,7-8,10,12-13H2,1H3,(H,21,24);5-7,9,14,16H,2-4,8,10-13H2,1H3,(H,21,24);5-6,8,11,14-15H,2-4,7,9-10,12H2,1H3,(H,20,23);2*5-7,9-11,13H,2-4,8H2,1H3,(H,20,23)/t14?,16-;16-;14-,15?;2*13-/m00000/s1. The van der Waals surface area contributed by atoms with E-state index in [0.29, 0.717) is 100 Å². The number of rotatable bonds is 40. The van der Waals surface area contributed by atoms with Crippen molar-refractivity contribution in [2.24, 2.45) is 11.8 Å². The van der Waals surface area contributed by atoms with Crippen LogP contribution in [0.5, 0.6) is 0 Å². The summed E-state index contributed by atoms with van der Waals surface area (Å²) in [6.45, 7) is 13.6. The highest BCUT2D eigenvalue weighted by molar-refractivity contribution is 7.22. The zero-order chi connectivity index (χ0) is 89.7. The molecule has 0 radical (unpaired) electrons. The summed E-state index contributed by atoms with van der Waals surface area (Å²) < 4.78 is 21.1. The summed E-state index contributed by atoms with van der Waals surface area (Å²) in [5.41, 5.74) is 5.74. The van der Waals surface area contributed by atoms with Crippen molar-refractivity contribution in [3.05, 3.63) is 180 Å². The van der Waals surface area contributed by atoms with E-state index >= 15 is 0 Å². The first-order valence-corrected chi connectivity index (χ1v) is 50.3. The fourth-order valence-corrected chi connectivity index (χ4v) is 20.5. The Morgan fingerprint density at radius 3 is 1.02 bits per heavy atom. The molecule has 5 amide bonds. The number of nitrogens with zero attached hydrogens (tertiary/aromatic N) is 7. The summed E-state index contributed by atoms with van der Waals surface area (Å²) in [6, 6.07) is 35.9. The fourth-order valence-electron chi connectivity index (χ4n) is 14.6. The van der Waals surface area contributed by atoms with E-state index in [1.54, 1.807) is 17.1 Å². The van der Waals surface area contributed by atoms with Gasteiger partial charge in [0.1, 0.15) is 11.0 Å². The minimum absolute atomic E-state index is 0.0238. The van der Waals surface area contributed by atoms with Gasteiger partial charge < -0.3 is 40.8 Å². The van der Waals surface area contributed by atoms with Crippen LogP contribution in [0.25, 0.3) is 51.1 Å². The Kier molecular flexibility index (Phi) is 40.2. The first-order valence-electron chi connectivity index (χ1n) is 44.5. The normalized spacial score (nSPS) is 15.6. The van der Waals surface area contributed by atoms with Gasteiger partial charge in [0.15, 0.2) is 30.0 Å². The Bertz CT molecular complexity index is 5080. The number of amides is 5. The monoisotopic (exact) mass is 1850 g/mol. The Morgan fingerprint density at radius 2 is 0.709 bits per heavy atom. The highest BCUT2D eigenvalue weighted by atomic mass is 32.1. The number of fused-ring (bicyclic) bond motifs is 5. The van der Waals surface area contributed by atoms with E-state index in [0.717, 1.165) is 186 Å². The minimum Gasteiger partial charge on any atom is -0.381 e. The van der Waals surface area contributed by atoms with Gasteiger partial charge in [-0.05, 0) is 131 Å². The molecule has 12 aromatic rings. The molecule has 7 atom stereocenters.